The second-order valence-electron chi connectivity index (χ2n) is 6.37. The highest BCUT2D eigenvalue weighted by atomic mass is 16.3. The van der Waals surface area contributed by atoms with E-state index in [-0.39, 0.29) is 5.41 Å². The Labute approximate surface area is 105 Å². The first-order valence-electron chi connectivity index (χ1n) is 7.40. The van der Waals surface area contributed by atoms with Crippen molar-refractivity contribution < 1.29 is 5.11 Å². The van der Waals surface area contributed by atoms with Crippen LogP contribution in [0.2, 0.25) is 0 Å². The summed E-state index contributed by atoms with van der Waals surface area (Å²) in [6.07, 6.45) is 7.92. The highest BCUT2D eigenvalue weighted by molar-refractivity contribution is 5.00. The Morgan fingerprint density at radius 3 is 2.71 bits per heavy atom. The Balaban J connectivity index is 1.69. The normalized spacial score (nSPS) is 40.4. The van der Waals surface area contributed by atoms with Crippen molar-refractivity contribution in [3.05, 3.63) is 0 Å². The van der Waals surface area contributed by atoms with Gasteiger partial charge in [0.25, 0.3) is 0 Å². The van der Waals surface area contributed by atoms with Crippen molar-refractivity contribution in [1.29, 1.82) is 0 Å². The van der Waals surface area contributed by atoms with E-state index < -0.39 is 0 Å². The number of aliphatic hydroxyl groups is 1. The molecule has 0 aromatic rings. The number of hydrogen-bond acceptors (Lipinski definition) is 3. The lowest BCUT2D eigenvalue weighted by atomic mass is 9.69. The van der Waals surface area contributed by atoms with Gasteiger partial charge in [0.2, 0.25) is 0 Å². The molecule has 98 valence electrons. The fourth-order valence-corrected chi connectivity index (χ4v) is 4.33. The number of fused-ring (bicyclic) bond motifs is 1. The zero-order valence-corrected chi connectivity index (χ0v) is 10.8. The number of nitrogens with zero attached hydrogens (tertiary/aromatic N) is 1. The second-order valence-corrected chi connectivity index (χ2v) is 6.37. The molecular weight excluding hydrogens is 212 g/mol. The molecule has 0 unspecified atom stereocenters. The third-order valence-electron chi connectivity index (χ3n) is 5.46. The Hall–Kier alpha value is -0.120. The maximum absolute atomic E-state index is 9.83. The molecule has 2 heterocycles. The molecule has 3 nitrogen and oxygen atoms in total. The molecule has 0 spiro atoms. The van der Waals surface area contributed by atoms with E-state index in [9.17, 15) is 5.11 Å². The van der Waals surface area contributed by atoms with Gasteiger partial charge in [0.1, 0.15) is 0 Å². The van der Waals surface area contributed by atoms with Crippen LogP contribution < -0.4 is 5.32 Å². The molecule has 2 aliphatic heterocycles. The number of nitrogens with one attached hydrogen (secondary N) is 1. The summed E-state index contributed by atoms with van der Waals surface area (Å²) >= 11 is 0. The van der Waals surface area contributed by atoms with Crippen molar-refractivity contribution in [3.63, 3.8) is 0 Å². The molecule has 0 bridgehead atoms. The van der Waals surface area contributed by atoms with Gasteiger partial charge in [-0.05, 0) is 44.7 Å². The molecule has 2 N–H and O–H groups in total. The molecule has 0 aromatic heterocycles. The van der Waals surface area contributed by atoms with Gasteiger partial charge in [-0.25, -0.2) is 0 Å². The summed E-state index contributed by atoms with van der Waals surface area (Å²) in [6.45, 7) is 5.19. The van der Waals surface area contributed by atoms with Crippen molar-refractivity contribution >= 4 is 0 Å². The quantitative estimate of drug-likeness (QED) is 0.759. The minimum atomic E-state index is 0.267. The predicted molar refractivity (Wildman–Crippen MR) is 68.9 cm³/mol. The molecule has 2 atom stereocenters. The first-order valence-corrected chi connectivity index (χ1v) is 7.40. The van der Waals surface area contributed by atoms with Gasteiger partial charge in [0.15, 0.2) is 0 Å². The van der Waals surface area contributed by atoms with Crippen LogP contribution in [0.1, 0.15) is 38.5 Å². The van der Waals surface area contributed by atoms with E-state index in [1.165, 1.54) is 64.7 Å². The molecule has 17 heavy (non-hydrogen) atoms. The molecule has 1 aliphatic carbocycles. The fraction of sp³-hybridized carbons (Fsp3) is 1.00. The standard InChI is InChI=1S/C14H26N2O/c17-11-14-6-2-1-3-12(14)9-16(10-14)13-4-7-15-8-5-13/h12-13,15,17H,1-11H2/t12-,14+/m0/s1. The number of rotatable bonds is 2. The maximum Gasteiger partial charge on any atom is 0.0502 e. The summed E-state index contributed by atoms with van der Waals surface area (Å²) in [5.74, 6) is 0.774. The highest BCUT2D eigenvalue weighted by Gasteiger charge is 2.48. The average molecular weight is 238 g/mol. The Kier molecular flexibility index (Phi) is 3.42. The molecule has 2 saturated heterocycles. The van der Waals surface area contributed by atoms with Crippen molar-refractivity contribution in [2.24, 2.45) is 11.3 Å². The second kappa shape index (κ2) is 4.87. The Morgan fingerprint density at radius 2 is 2.00 bits per heavy atom. The topological polar surface area (TPSA) is 35.5 Å². The van der Waals surface area contributed by atoms with Crippen LogP contribution in [0.4, 0.5) is 0 Å². The number of aliphatic hydroxyl groups excluding tert-OH is 1. The van der Waals surface area contributed by atoms with Crippen LogP contribution >= 0.6 is 0 Å². The number of hydrogen-bond donors (Lipinski definition) is 2. The van der Waals surface area contributed by atoms with Crippen molar-refractivity contribution in [3.8, 4) is 0 Å². The van der Waals surface area contributed by atoms with E-state index in [1.54, 1.807) is 0 Å². The van der Waals surface area contributed by atoms with Crippen LogP contribution in [-0.2, 0) is 0 Å². The molecular formula is C14H26N2O. The van der Waals surface area contributed by atoms with Crippen LogP contribution in [0.15, 0.2) is 0 Å². The summed E-state index contributed by atoms with van der Waals surface area (Å²) in [5, 5.41) is 13.3. The largest absolute Gasteiger partial charge is 0.396 e. The monoisotopic (exact) mass is 238 g/mol. The van der Waals surface area contributed by atoms with E-state index in [0.29, 0.717) is 6.61 Å². The zero-order chi connectivity index (χ0) is 11.7. The maximum atomic E-state index is 9.83. The molecule has 0 amide bonds. The lowest BCUT2D eigenvalue weighted by Gasteiger charge is -2.37. The highest BCUT2D eigenvalue weighted by Crippen LogP contribution is 2.47. The van der Waals surface area contributed by atoms with Crippen molar-refractivity contribution in [2.75, 3.05) is 32.8 Å². The summed E-state index contributed by atoms with van der Waals surface area (Å²) in [4.78, 5) is 2.70. The lowest BCUT2D eigenvalue weighted by molar-refractivity contribution is 0.0551. The molecule has 0 aromatic carbocycles. The molecule has 3 aliphatic rings. The van der Waals surface area contributed by atoms with E-state index >= 15 is 0 Å². The third-order valence-corrected chi connectivity index (χ3v) is 5.46. The summed E-state index contributed by atoms with van der Waals surface area (Å²) < 4.78 is 0. The Morgan fingerprint density at radius 1 is 1.18 bits per heavy atom. The van der Waals surface area contributed by atoms with Crippen LogP contribution in [0.3, 0.4) is 0 Å². The van der Waals surface area contributed by atoms with Crippen LogP contribution in [0, 0.1) is 11.3 Å². The minimum absolute atomic E-state index is 0.267. The molecule has 0 radical (unpaired) electrons. The van der Waals surface area contributed by atoms with E-state index in [4.69, 9.17) is 0 Å². The first kappa shape index (κ1) is 11.9. The van der Waals surface area contributed by atoms with Crippen molar-refractivity contribution in [2.45, 2.75) is 44.6 Å². The minimum Gasteiger partial charge on any atom is -0.396 e. The van der Waals surface area contributed by atoms with Gasteiger partial charge in [-0.3, -0.25) is 4.90 Å². The van der Waals surface area contributed by atoms with Gasteiger partial charge in [0.05, 0.1) is 6.61 Å². The number of piperidine rings is 1. The van der Waals surface area contributed by atoms with Gasteiger partial charge in [-0.15, -0.1) is 0 Å². The van der Waals surface area contributed by atoms with Crippen molar-refractivity contribution in [1.82, 2.24) is 10.2 Å². The molecule has 3 fully saturated rings. The van der Waals surface area contributed by atoms with E-state index in [0.717, 1.165) is 12.0 Å². The summed E-state index contributed by atoms with van der Waals surface area (Å²) in [7, 11) is 0. The van der Waals surface area contributed by atoms with Crippen LogP contribution in [0.25, 0.3) is 0 Å². The summed E-state index contributed by atoms with van der Waals surface area (Å²) in [5.41, 5.74) is 0.267. The summed E-state index contributed by atoms with van der Waals surface area (Å²) in [6, 6.07) is 0.783. The van der Waals surface area contributed by atoms with Gasteiger partial charge in [0, 0.05) is 24.5 Å². The molecule has 3 heteroatoms. The van der Waals surface area contributed by atoms with Crippen LogP contribution in [-0.4, -0.2) is 48.8 Å². The van der Waals surface area contributed by atoms with Gasteiger partial charge in [-0.2, -0.15) is 0 Å². The predicted octanol–water partition coefficient (Wildman–Crippen LogP) is 1.22. The SMILES string of the molecule is OC[C@]12CCCC[C@H]1CN(C1CCNCC1)C2. The number of likely N-dealkylation sites (tertiary alicyclic amines) is 1. The van der Waals surface area contributed by atoms with Gasteiger partial charge < -0.3 is 10.4 Å². The van der Waals surface area contributed by atoms with E-state index in [2.05, 4.69) is 10.2 Å². The smallest absolute Gasteiger partial charge is 0.0502 e. The van der Waals surface area contributed by atoms with Crippen LogP contribution in [0.5, 0.6) is 0 Å². The fourth-order valence-electron chi connectivity index (χ4n) is 4.33. The van der Waals surface area contributed by atoms with Gasteiger partial charge >= 0.3 is 0 Å². The Bertz CT molecular complexity index is 265. The third kappa shape index (κ3) is 2.13. The average Bonchev–Trinajstić information content (AvgIpc) is 2.80. The zero-order valence-electron chi connectivity index (χ0n) is 10.8. The van der Waals surface area contributed by atoms with E-state index in [1.807, 2.05) is 0 Å². The van der Waals surface area contributed by atoms with Gasteiger partial charge in [-0.1, -0.05) is 12.8 Å². The molecule has 1 saturated carbocycles. The lowest BCUT2D eigenvalue weighted by Crippen LogP contribution is -2.43. The molecule has 3 rings (SSSR count). The first-order chi connectivity index (χ1) is 8.34.